The normalized spacial score (nSPS) is 12.4. The van der Waals surface area contributed by atoms with Crippen LogP contribution in [0, 0.1) is 0 Å². The highest BCUT2D eigenvalue weighted by Gasteiger charge is 2.21. The Bertz CT molecular complexity index is 2210. The minimum Gasteiger partial charge on any atom is -0.142 e. The van der Waals surface area contributed by atoms with Gasteiger partial charge in [0.2, 0.25) is 0 Å². The average Bonchev–Trinajstić information content (AvgIpc) is 3.71. The lowest BCUT2D eigenvalue weighted by Crippen LogP contribution is -1.68. The van der Waals surface area contributed by atoms with Crippen molar-refractivity contribution < 1.29 is 0 Å². The number of hydrogen-bond acceptors (Lipinski definition) is 6. The molecular weight excluding hydrogens is 553 g/mol. The van der Waals surface area contributed by atoms with E-state index >= 15 is 0 Å². The molecule has 0 bridgehead atoms. The highest BCUT2D eigenvalue weighted by Crippen LogP contribution is 2.53. The summed E-state index contributed by atoms with van der Waals surface area (Å²) < 4.78 is 9.90. The van der Waals surface area contributed by atoms with Gasteiger partial charge in [0.25, 0.3) is 0 Å². The van der Waals surface area contributed by atoms with Crippen molar-refractivity contribution in [2.45, 2.75) is 0 Å². The Kier molecular flexibility index (Phi) is 4.25. The van der Waals surface area contributed by atoms with Crippen molar-refractivity contribution in [1.29, 1.82) is 0 Å². The molecule has 6 heteroatoms. The molecule has 0 unspecified atom stereocenters. The molecule has 0 nitrogen and oxygen atoms in total. The lowest BCUT2D eigenvalue weighted by Gasteiger charge is -1.97. The zero-order valence-electron chi connectivity index (χ0n) is 18.5. The number of fused-ring (bicyclic) bond motifs is 10. The maximum Gasteiger partial charge on any atom is 0.0542 e. The van der Waals surface area contributed by atoms with Gasteiger partial charge in [0.05, 0.1) is 14.1 Å². The SMILES string of the molecule is c1ccc2sc(-c3cc4c(s3)c3sc(-c5cc6ccccc6s5)cc3c3c5sccc5sc43)cc2c1. The third-order valence-electron chi connectivity index (χ3n) is 6.82. The zero-order valence-corrected chi connectivity index (χ0v) is 23.4. The number of thiophene rings is 6. The first kappa shape index (κ1) is 20.5. The van der Waals surface area contributed by atoms with Crippen LogP contribution in [0.2, 0.25) is 0 Å². The van der Waals surface area contributed by atoms with Crippen molar-refractivity contribution in [1.82, 2.24) is 0 Å². The molecule has 0 aliphatic carbocycles. The molecule has 3 aromatic carbocycles. The van der Waals surface area contributed by atoms with E-state index in [1.807, 2.05) is 68.0 Å². The first-order valence-electron chi connectivity index (χ1n) is 11.6. The molecule has 0 aliphatic heterocycles. The Balaban J connectivity index is 1.38. The third kappa shape index (κ3) is 2.83. The standard InChI is InChI=1S/C30H14S6/c1-3-7-19-15(5-1)11-22(32-19)24-13-17-26-27(34-21-9-10-31-30(21)26)18-14-25(36-29(18)28(17)35-24)23-12-16-6-2-4-8-20(16)33-23/h1-14H. The van der Waals surface area contributed by atoms with Gasteiger partial charge < -0.3 is 0 Å². The van der Waals surface area contributed by atoms with E-state index in [0.29, 0.717) is 0 Å². The van der Waals surface area contributed by atoms with Gasteiger partial charge in [-0.3, -0.25) is 0 Å². The van der Waals surface area contributed by atoms with Gasteiger partial charge in [-0.1, -0.05) is 36.4 Å². The minimum atomic E-state index is 1.34. The summed E-state index contributed by atoms with van der Waals surface area (Å²) in [6.45, 7) is 0. The molecule has 0 saturated heterocycles. The zero-order chi connectivity index (χ0) is 23.4. The van der Waals surface area contributed by atoms with Crippen molar-refractivity contribution in [2.75, 3.05) is 0 Å². The van der Waals surface area contributed by atoms with Gasteiger partial charge in [-0.25, -0.2) is 0 Å². The molecule has 0 aliphatic rings. The topological polar surface area (TPSA) is 0 Å². The molecule has 9 rings (SSSR count). The molecule has 0 fully saturated rings. The lowest BCUT2D eigenvalue weighted by atomic mass is 10.1. The summed E-state index contributed by atoms with van der Waals surface area (Å²) in [7, 11) is 0. The predicted molar refractivity (Wildman–Crippen MR) is 170 cm³/mol. The summed E-state index contributed by atoms with van der Waals surface area (Å²) in [5.74, 6) is 0. The Labute approximate surface area is 229 Å². The fourth-order valence-corrected chi connectivity index (χ4v) is 12.4. The summed E-state index contributed by atoms with van der Waals surface area (Å²) in [5, 5.41) is 9.22. The van der Waals surface area contributed by atoms with Crippen LogP contribution < -0.4 is 0 Å². The van der Waals surface area contributed by atoms with E-state index in [-0.39, 0.29) is 0 Å². The third-order valence-corrected chi connectivity index (χ3v) is 14.1. The second kappa shape index (κ2) is 7.48. The van der Waals surface area contributed by atoms with Gasteiger partial charge in [-0.15, -0.1) is 68.0 Å². The van der Waals surface area contributed by atoms with Gasteiger partial charge in [0.1, 0.15) is 0 Å². The largest absolute Gasteiger partial charge is 0.142 e. The second-order valence-electron chi connectivity index (χ2n) is 8.92. The van der Waals surface area contributed by atoms with Gasteiger partial charge in [0.15, 0.2) is 0 Å². The summed E-state index contributed by atoms with van der Waals surface area (Å²) in [6.07, 6.45) is 0. The van der Waals surface area contributed by atoms with Crippen LogP contribution in [-0.4, -0.2) is 0 Å². The Hall–Kier alpha value is -2.58. The van der Waals surface area contributed by atoms with E-state index in [0.717, 1.165) is 0 Å². The quantitative estimate of drug-likeness (QED) is 0.195. The Morgan fingerprint density at radius 1 is 0.417 bits per heavy atom. The highest BCUT2D eigenvalue weighted by molar-refractivity contribution is 7.36. The number of rotatable bonds is 2. The van der Waals surface area contributed by atoms with Crippen LogP contribution in [0.15, 0.2) is 84.2 Å². The van der Waals surface area contributed by atoms with Crippen molar-refractivity contribution in [2.24, 2.45) is 0 Å². The molecule has 0 saturated carbocycles. The molecule has 0 atom stereocenters. The molecule has 36 heavy (non-hydrogen) atoms. The lowest BCUT2D eigenvalue weighted by molar-refractivity contribution is 1.85. The Morgan fingerprint density at radius 3 is 1.67 bits per heavy atom. The van der Waals surface area contributed by atoms with Crippen LogP contribution in [0.1, 0.15) is 0 Å². The molecule has 9 aromatic rings. The number of benzene rings is 3. The summed E-state index contributed by atoms with van der Waals surface area (Å²) >= 11 is 11.6. The van der Waals surface area contributed by atoms with Crippen LogP contribution in [0.25, 0.3) is 79.3 Å². The van der Waals surface area contributed by atoms with Gasteiger partial charge >= 0.3 is 0 Å². The minimum absolute atomic E-state index is 1.34. The van der Waals surface area contributed by atoms with E-state index < -0.39 is 0 Å². The maximum atomic E-state index is 2.47. The van der Waals surface area contributed by atoms with Crippen molar-refractivity contribution in [3.05, 3.63) is 84.2 Å². The molecule has 0 radical (unpaired) electrons. The van der Waals surface area contributed by atoms with E-state index in [9.17, 15) is 0 Å². The average molecular weight is 567 g/mol. The smallest absolute Gasteiger partial charge is 0.0542 e. The summed E-state index contributed by atoms with van der Waals surface area (Å²) in [5.41, 5.74) is 0. The van der Waals surface area contributed by atoms with Gasteiger partial charge in [0, 0.05) is 54.5 Å². The molecule has 0 spiro atoms. The first-order chi connectivity index (χ1) is 17.8. The van der Waals surface area contributed by atoms with Gasteiger partial charge in [-0.2, -0.15) is 0 Å². The van der Waals surface area contributed by atoms with Gasteiger partial charge in [-0.05, 0) is 58.6 Å². The molecule has 170 valence electrons. The molecule has 0 amide bonds. The van der Waals surface area contributed by atoms with Crippen LogP contribution >= 0.6 is 68.0 Å². The van der Waals surface area contributed by atoms with Crippen LogP contribution in [0.4, 0.5) is 0 Å². The summed E-state index contributed by atoms with van der Waals surface area (Å²) in [6, 6.07) is 29.4. The fraction of sp³-hybridized carbons (Fsp3) is 0. The molecule has 6 aromatic heterocycles. The highest BCUT2D eigenvalue weighted by atomic mass is 32.1. The monoisotopic (exact) mass is 566 g/mol. The summed E-state index contributed by atoms with van der Waals surface area (Å²) in [4.78, 5) is 5.51. The van der Waals surface area contributed by atoms with Crippen LogP contribution in [0.5, 0.6) is 0 Å². The van der Waals surface area contributed by atoms with Crippen LogP contribution in [-0.2, 0) is 0 Å². The van der Waals surface area contributed by atoms with Crippen molar-refractivity contribution in [3.8, 4) is 19.5 Å². The molecule has 0 N–H and O–H groups in total. The van der Waals surface area contributed by atoms with Crippen LogP contribution in [0.3, 0.4) is 0 Å². The number of hydrogen-bond donors (Lipinski definition) is 0. The molecular formula is C30H14S6. The second-order valence-corrected chi connectivity index (χ2v) is 15.2. The van der Waals surface area contributed by atoms with E-state index in [1.165, 1.54) is 79.3 Å². The first-order valence-corrected chi connectivity index (χ1v) is 16.5. The maximum absolute atomic E-state index is 2.47. The fourth-order valence-electron chi connectivity index (χ4n) is 5.18. The van der Waals surface area contributed by atoms with Crippen molar-refractivity contribution >= 4 is 128 Å². The van der Waals surface area contributed by atoms with E-state index in [2.05, 4.69) is 84.2 Å². The van der Waals surface area contributed by atoms with Crippen molar-refractivity contribution in [3.63, 3.8) is 0 Å². The van der Waals surface area contributed by atoms with E-state index in [1.54, 1.807) is 0 Å². The molecule has 6 heterocycles. The predicted octanol–water partition coefficient (Wildman–Crippen LogP) is 12.3. The Morgan fingerprint density at radius 2 is 1.00 bits per heavy atom. The van der Waals surface area contributed by atoms with E-state index in [4.69, 9.17) is 0 Å².